The number of ether oxygens (including phenoxy) is 36. The fourth-order valence-electron chi connectivity index (χ4n) is 10.9. The van der Waals surface area contributed by atoms with E-state index in [9.17, 15) is 19.2 Å². The van der Waals surface area contributed by atoms with Gasteiger partial charge in [-0.25, -0.2) is 0 Å². The molecule has 1 N–H and O–H groups in total. The number of Topliss-reactive ketones (excluding diaryl/α,β-unsaturated/α-hetero) is 3. The van der Waals surface area contributed by atoms with Gasteiger partial charge in [0.2, 0.25) is 5.91 Å². The first-order chi connectivity index (χ1) is 69.3. The van der Waals surface area contributed by atoms with E-state index in [1.165, 1.54) is 6.92 Å². The Morgan fingerprint density at radius 1 is 0.200 bits per heavy atom. The van der Waals surface area contributed by atoms with Crippen LogP contribution in [0.25, 0.3) is 31.3 Å². The molecule has 0 saturated carbocycles. The maximum absolute atomic E-state index is 12.9. The van der Waals surface area contributed by atoms with Gasteiger partial charge in [0.05, 0.1) is 462 Å². The number of nitrogens with zero attached hydrogens (tertiary/aromatic N) is 9. The highest BCUT2D eigenvalue weighted by atomic mass is 16.6. The maximum Gasteiger partial charge on any atom is 0.222 e. The molecule has 140 heavy (non-hydrogen) atoms. The van der Waals surface area contributed by atoms with E-state index in [1.54, 1.807) is 0 Å². The predicted octanol–water partition coefficient (Wildman–Crippen LogP) is 4.47. The lowest BCUT2D eigenvalue weighted by Crippen LogP contribution is -2.40. The van der Waals surface area contributed by atoms with Gasteiger partial charge in [-0.15, -0.1) is 0 Å². The number of nitrogens with one attached hydrogen (secondary N) is 1. The molecule has 0 fully saturated rings. The van der Waals surface area contributed by atoms with E-state index in [0.29, 0.717) is 462 Å². The lowest BCUT2D eigenvalue weighted by Gasteiger charge is -2.32. The third-order valence-electron chi connectivity index (χ3n) is 17.8. The van der Waals surface area contributed by atoms with Crippen LogP contribution >= 0.6 is 0 Å². The van der Waals surface area contributed by atoms with Crippen LogP contribution in [0.15, 0.2) is 15.3 Å². The van der Waals surface area contributed by atoms with Gasteiger partial charge in [0, 0.05) is 98.1 Å². The van der Waals surface area contributed by atoms with Crippen molar-refractivity contribution in [3.63, 3.8) is 0 Å². The second-order valence-corrected chi connectivity index (χ2v) is 29.5. The molecule has 0 radical (unpaired) electrons. The monoisotopic (exact) mass is 2030 g/mol. The highest BCUT2D eigenvalue weighted by Crippen LogP contribution is 2.26. The molecule has 0 spiro atoms. The lowest BCUT2D eigenvalue weighted by molar-refractivity contribution is -0.131. The summed E-state index contributed by atoms with van der Waals surface area (Å²) in [6, 6.07) is 0. The Morgan fingerprint density at radius 2 is 0.357 bits per heavy atom. The number of amides is 1. The van der Waals surface area contributed by atoms with E-state index in [2.05, 4.69) is 35.4 Å². The van der Waals surface area contributed by atoms with E-state index < -0.39 is 5.41 Å². The van der Waals surface area contributed by atoms with Crippen LogP contribution in [0.4, 0.5) is 0 Å². The molecular weight excluding hydrogens is 1860 g/mol. The van der Waals surface area contributed by atoms with E-state index in [4.69, 9.17) is 187 Å². The summed E-state index contributed by atoms with van der Waals surface area (Å²) >= 11 is 0. The van der Waals surface area contributed by atoms with Gasteiger partial charge in [0.25, 0.3) is 0 Å². The number of azide groups is 3. The highest BCUT2D eigenvalue weighted by molar-refractivity contribution is 5.79. The normalized spacial score (nSPS) is 11.9. The fourth-order valence-corrected chi connectivity index (χ4v) is 10.9. The Labute approximate surface area is 827 Å². The Morgan fingerprint density at radius 3 is 0.529 bits per heavy atom. The fraction of sp³-hybridized carbons (Fsp3) is 0.956. The molecule has 0 rings (SSSR count). The van der Waals surface area contributed by atoms with Crippen LogP contribution in [-0.2, 0) is 190 Å². The van der Waals surface area contributed by atoms with E-state index >= 15 is 0 Å². The minimum Gasteiger partial charge on any atom is -0.380 e. The Balaban J connectivity index is 4.43. The molecule has 0 aromatic carbocycles. The first-order valence-corrected chi connectivity index (χ1v) is 48.9. The number of ketones is 3. The summed E-state index contributed by atoms with van der Waals surface area (Å²) in [4.78, 5) is 59.5. The third-order valence-corrected chi connectivity index (χ3v) is 17.8. The molecule has 0 aromatic heterocycles. The summed E-state index contributed by atoms with van der Waals surface area (Å²) in [6.07, 6.45) is 1.95. The van der Waals surface area contributed by atoms with E-state index in [-0.39, 0.29) is 115 Å². The standard InChI is InChI=1S/C90H172N10O40/c1-86(101)82-90(83-138-15-6-87(102)4-2-13-105-22-28-111-34-40-117-46-52-123-58-64-129-70-76-135-79-73-132-67-61-126-55-49-120-43-37-114-31-25-108-19-10-95-98-91,84-139-16-7-88(103)5-3-14-106-23-29-112-35-41-118-47-53-124-59-65-130-71-77-136-80-74-133-68-62-127-56-50-121-44-38-115-32-26-109-20-11-96-99-92)85-140-17-8-89(104)94-9-18-107-24-30-113-36-42-119-48-54-125-60-66-131-72-78-137-81-75-134-69-63-128-57-51-122-45-39-116-33-27-110-21-12-97-100-93/h2-85H2,1H3,(H,94,104). The van der Waals surface area contributed by atoms with Gasteiger partial charge >= 0.3 is 0 Å². The predicted molar refractivity (Wildman–Crippen MR) is 505 cm³/mol. The molecule has 0 aliphatic heterocycles. The molecule has 0 aliphatic rings. The van der Waals surface area contributed by atoms with Crippen LogP contribution in [-0.4, -0.2) is 525 Å². The largest absolute Gasteiger partial charge is 0.380 e. The van der Waals surface area contributed by atoms with Crippen molar-refractivity contribution in [3.05, 3.63) is 31.3 Å². The van der Waals surface area contributed by atoms with Crippen molar-refractivity contribution in [2.45, 2.75) is 58.3 Å². The second-order valence-electron chi connectivity index (χ2n) is 29.5. The molecule has 822 valence electrons. The summed E-state index contributed by atoms with van der Waals surface area (Å²) in [5.74, 6) is -0.418. The first kappa shape index (κ1) is 135. The summed E-state index contributed by atoms with van der Waals surface area (Å²) in [5.41, 5.74) is 23.7. The second kappa shape index (κ2) is 121. The van der Waals surface area contributed by atoms with Crippen molar-refractivity contribution in [2.24, 2.45) is 20.8 Å². The minimum atomic E-state index is -0.981. The first-order valence-electron chi connectivity index (χ1n) is 48.9. The number of hydrogen-bond acceptors (Lipinski definition) is 43. The van der Waals surface area contributed by atoms with Crippen molar-refractivity contribution in [1.82, 2.24) is 5.32 Å². The Bertz CT molecular complexity index is 2460. The molecular formula is C90H172N10O40. The van der Waals surface area contributed by atoms with Crippen molar-refractivity contribution in [3.8, 4) is 0 Å². The summed E-state index contributed by atoms with van der Waals surface area (Å²) in [7, 11) is 0. The van der Waals surface area contributed by atoms with Crippen LogP contribution in [0.3, 0.4) is 0 Å². The zero-order chi connectivity index (χ0) is 101. The van der Waals surface area contributed by atoms with Gasteiger partial charge in [0.15, 0.2) is 0 Å². The molecule has 50 nitrogen and oxygen atoms in total. The van der Waals surface area contributed by atoms with Gasteiger partial charge in [-0.3, -0.25) is 14.4 Å². The van der Waals surface area contributed by atoms with Crippen molar-refractivity contribution < 1.29 is 190 Å². The van der Waals surface area contributed by atoms with Crippen molar-refractivity contribution in [1.29, 1.82) is 0 Å². The molecule has 0 unspecified atom stereocenters. The summed E-state index contributed by atoms with van der Waals surface area (Å²) < 4.78 is 200. The van der Waals surface area contributed by atoms with Crippen LogP contribution in [0.2, 0.25) is 0 Å². The quantitative estimate of drug-likeness (QED) is 0.0380. The molecule has 0 heterocycles. The molecule has 0 saturated heterocycles. The number of carbonyl (C=O) groups excluding carboxylic acids is 4. The number of rotatable bonds is 127. The van der Waals surface area contributed by atoms with Crippen LogP contribution in [0.5, 0.6) is 0 Å². The minimum absolute atomic E-state index is 0.00574. The van der Waals surface area contributed by atoms with Gasteiger partial charge < -0.3 is 181 Å². The topological polar surface area (TPSA) is 559 Å². The maximum atomic E-state index is 12.9. The number of carbonyl (C=O) groups is 4. The molecule has 0 aliphatic carbocycles. The molecule has 0 atom stereocenters. The SMILES string of the molecule is CC(=O)CC(COCCC(=O)CCCOCCOCCOCCOCCOCCOCCOCCOCCOCCOCCOCCN=[N+]=[N-])(COCCC(=O)CCCOCCOCCOCCOCCOCCOCCOCCOCCOCCOCCOCCN=[N+]=[N-])COCCC(=O)NCCOCCOCCOCCOCCOCCOCCOCCOCCOCCOCCOCCN=[N+]=[N-]. The zero-order valence-corrected chi connectivity index (χ0v) is 83.8. The average Bonchev–Trinajstić information content (AvgIpc) is 0.858. The van der Waals surface area contributed by atoms with E-state index in [0.717, 1.165) is 0 Å². The Hall–Kier alpha value is -5.03. The van der Waals surface area contributed by atoms with E-state index in [1.807, 2.05) is 0 Å². The average molecular weight is 2030 g/mol. The third kappa shape index (κ3) is 117. The number of hydrogen-bond donors (Lipinski definition) is 1. The summed E-state index contributed by atoms with van der Waals surface area (Å²) in [5, 5.41) is 13.0. The van der Waals surface area contributed by atoms with Crippen LogP contribution < -0.4 is 5.32 Å². The highest BCUT2D eigenvalue weighted by Gasteiger charge is 2.34. The van der Waals surface area contributed by atoms with Gasteiger partial charge in [-0.2, -0.15) is 0 Å². The summed E-state index contributed by atoms with van der Waals surface area (Å²) in [6.45, 7) is 30.7. The lowest BCUT2D eigenvalue weighted by atomic mass is 9.85. The molecule has 50 heteroatoms. The van der Waals surface area contributed by atoms with Gasteiger partial charge in [0.1, 0.15) is 17.3 Å². The van der Waals surface area contributed by atoms with Crippen LogP contribution in [0.1, 0.15) is 58.3 Å². The van der Waals surface area contributed by atoms with Crippen LogP contribution in [0, 0.1) is 5.41 Å². The zero-order valence-electron chi connectivity index (χ0n) is 83.8. The molecule has 0 aromatic rings. The van der Waals surface area contributed by atoms with Gasteiger partial charge in [-0.05, 0) is 36.4 Å². The van der Waals surface area contributed by atoms with Crippen molar-refractivity contribution >= 4 is 23.3 Å². The smallest absolute Gasteiger partial charge is 0.222 e. The van der Waals surface area contributed by atoms with Gasteiger partial charge in [-0.1, -0.05) is 15.3 Å². The Kier molecular flexibility index (Phi) is 117. The molecule has 0 bridgehead atoms. The van der Waals surface area contributed by atoms with Crippen molar-refractivity contribution in [2.75, 3.05) is 502 Å². The molecule has 1 amide bonds.